The lowest BCUT2D eigenvalue weighted by atomic mass is 9.99. The highest BCUT2D eigenvalue weighted by Gasteiger charge is 2.25. The van der Waals surface area contributed by atoms with Crippen LogP contribution in [0, 0.1) is 0 Å². The Morgan fingerprint density at radius 2 is 2.05 bits per heavy atom. The lowest BCUT2D eigenvalue weighted by Crippen LogP contribution is -2.44. The van der Waals surface area contributed by atoms with E-state index in [1.807, 2.05) is 12.1 Å². The van der Waals surface area contributed by atoms with Gasteiger partial charge in [0.15, 0.2) is 0 Å². The molecule has 1 unspecified atom stereocenters. The van der Waals surface area contributed by atoms with Crippen LogP contribution in [0.15, 0.2) is 18.2 Å². The molecule has 3 nitrogen and oxygen atoms in total. The lowest BCUT2D eigenvalue weighted by Gasteiger charge is -2.35. The van der Waals surface area contributed by atoms with Crippen molar-refractivity contribution in [2.45, 2.75) is 39.2 Å². The Morgan fingerprint density at radius 1 is 1.35 bits per heavy atom. The van der Waals surface area contributed by atoms with Gasteiger partial charge in [-0.25, -0.2) is 0 Å². The molecule has 0 radical (unpaired) electrons. The maximum atomic E-state index is 11.3. The van der Waals surface area contributed by atoms with Gasteiger partial charge in [-0.2, -0.15) is 0 Å². The predicted molar refractivity (Wildman–Crippen MR) is 81.8 cm³/mol. The van der Waals surface area contributed by atoms with Gasteiger partial charge in [0, 0.05) is 11.6 Å². The number of rotatable bonds is 6. The van der Waals surface area contributed by atoms with Crippen molar-refractivity contribution in [3.8, 4) is 5.75 Å². The Kier molecular flexibility index (Phi) is 5.44. The average molecular weight is 296 g/mol. The molecule has 0 fully saturated rings. The summed E-state index contributed by atoms with van der Waals surface area (Å²) in [6.45, 7) is 7.30. The number of halogens is 1. The fraction of sp³-hybridized carbons (Fsp3) is 0.562. The van der Waals surface area contributed by atoms with E-state index in [0.29, 0.717) is 11.6 Å². The molecule has 1 aliphatic rings. The zero-order chi connectivity index (χ0) is 14.5. The molecule has 0 bridgehead atoms. The first-order chi connectivity index (χ1) is 9.65. The van der Waals surface area contributed by atoms with Crippen LogP contribution in [0.3, 0.4) is 0 Å². The van der Waals surface area contributed by atoms with E-state index in [0.717, 1.165) is 50.3 Å². The van der Waals surface area contributed by atoms with Crippen molar-refractivity contribution in [2.24, 2.45) is 0 Å². The molecule has 110 valence electrons. The van der Waals surface area contributed by atoms with Gasteiger partial charge in [-0.05, 0) is 67.7 Å². The molecule has 4 heteroatoms. The van der Waals surface area contributed by atoms with Gasteiger partial charge in [0.25, 0.3) is 5.24 Å². The summed E-state index contributed by atoms with van der Waals surface area (Å²) in [6.07, 6.45) is 3.21. The molecule has 0 N–H and O–H groups in total. The molecule has 0 aliphatic carbocycles. The van der Waals surface area contributed by atoms with E-state index in [-0.39, 0.29) is 0 Å². The molecule has 1 aromatic carbocycles. The van der Waals surface area contributed by atoms with E-state index in [4.69, 9.17) is 16.3 Å². The quantitative estimate of drug-likeness (QED) is 0.752. The minimum absolute atomic E-state index is 0.392. The normalized spacial score (nSPS) is 17.7. The average Bonchev–Trinajstić information content (AvgIpc) is 2.45. The molecular weight excluding hydrogens is 274 g/mol. The molecule has 0 amide bonds. The van der Waals surface area contributed by atoms with Gasteiger partial charge in [-0.3, -0.25) is 9.69 Å². The van der Waals surface area contributed by atoms with Crippen molar-refractivity contribution in [3.05, 3.63) is 29.3 Å². The van der Waals surface area contributed by atoms with Crippen LogP contribution in [0.2, 0.25) is 0 Å². The number of benzene rings is 1. The second kappa shape index (κ2) is 7.09. The van der Waals surface area contributed by atoms with Crippen molar-refractivity contribution in [1.29, 1.82) is 0 Å². The van der Waals surface area contributed by atoms with Gasteiger partial charge in [-0.1, -0.05) is 13.8 Å². The molecule has 20 heavy (non-hydrogen) atoms. The summed E-state index contributed by atoms with van der Waals surface area (Å²) in [5.74, 6) is 0.885. The van der Waals surface area contributed by atoms with E-state index in [1.165, 1.54) is 0 Å². The number of fused-ring (bicyclic) bond motifs is 1. The summed E-state index contributed by atoms with van der Waals surface area (Å²) >= 11 is 5.55. The van der Waals surface area contributed by atoms with Gasteiger partial charge in [0.2, 0.25) is 0 Å². The van der Waals surface area contributed by atoms with E-state index < -0.39 is 5.24 Å². The van der Waals surface area contributed by atoms with E-state index in [9.17, 15) is 4.79 Å². The number of hydrogen-bond donors (Lipinski definition) is 0. The monoisotopic (exact) mass is 295 g/mol. The summed E-state index contributed by atoms with van der Waals surface area (Å²) in [5.41, 5.74) is 1.64. The van der Waals surface area contributed by atoms with Gasteiger partial charge >= 0.3 is 0 Å². The maximum absolute atomic E-state index is 11.3. The third-order valence-corrected chi connectivity index (χ3v) is 3.93. The molecule has 1 atom stereocenters. The highest BCUT2D eigenvalue weighted by molar-refractivity contribution is 6.67. The first-order valence-electron chi connectivity index (χ1n) is 7.35. The predicted octanol–water partition coefficient (Wildman–Crippen LogP) is 3.49. The van der Waals surface area contributed by atoms with E-state index >= 15 is 0 Å². The fourth-order valence-corrected chi connectivity index (χ4v) is 2.90. The van der Waals surface area contributed by atoms with Gasteiger partial charge < -0.3 is 4.74 Å². The third-order valence-electron chi connectivity index (χ3n) is 3.71. The van der Waals surface area contributed by atoms with Crippen LogP contribution >= 0.6 is 11.6 Å². The summed E-state index contributed by atoms with van der Waals surface area (Å²) in [4.78, 5) is 13.8. The Labute approximate surface area is 125 Å². The van der Waals surface area contributed by atoms with Crippen LogP contribution in [0.5, 0.6) is 5.75 Å². The van der Waals surface area contributed by atoms with Crippen molar-refractivity contribution in [3.63, 3.8) is 0 Å². The fourth-order valence-electron chi connectivity index (χ4n) is 2.79. The Bertz CT molecular complexity index is 470. The van der Waals surface area contributed by atoms with Crippen LogP contribution in [0.25, 0.3) is 0 Å². The van der Waals surface area contributed by atoms with Crippen LogP contribution < -0.4 is 4.74 Å². The van der Waals surface area contributed by atoms with Crippen molar-refractivity contribution < 1.29 is 9.53 Å². The number of carbonyl (C=O) groups excluding carboxylic acids is 1. The Balaban J connectivity index is 2.15. The smallest absolute Gasteiger partial charge is 0.252 e. The van der Waals surface area contributed by atoms with Gasteiger partial charge in [-0.15, -0.1) is 0 Å². The van der Waals surface area contributed by atoms with Crippen molar-refractivity contribution in [2.75, 3.05) is 19.7 Å². The number of ether oxygens (including phenoxy) is 1. The zero-order valence-electron chi connectivity index (χ0n) is 12.2. The molecule has 2 rings (SSSR count). The Morgan fingerprint density at radius 3 is 2.65 bits per heavy atom. The van der Waals surface area contributed by atoms with Gasteiger partial charge in [0.05, 0.1) is 0 Å². The first-order valence-corrected chi connectivity index (χ1v) is 7.73. The van der Waals surface area contributed by atoms with Crippen LogP contribution in [0.1, 0.15) is 42.6 Å². The summed E-state index contributed by atoms with van der Waals surface area (Å²) < 4.78 is 5.85. The number of carbonyl (C=O) groups is 1. The first kappa shape index (κ1) is 15.3. The number of hydrogen-bond acceptors (Lipinski definition) is 3. The third kappa shape index (κ3) is 3.53. The van der Waals surface area contributed by atoms with Crippen molar-refractivity contribution >= 4 is 16.8 Å². The SMILES string of the molecule is CCCN(CCC)C1COc2ccc(C(=O)Cl)cc2C1. The van der Waals surface area contributed by atoms with Crippen LogP contribution in [-0.4, -0.2) is 35.9 Å². The largest absolute Gasteiger partial charge is 0.492 e. The molecular formula is C16H22ClNO2. The lowest BCUT2D eigenvalue weighted by molar-refractivity contribution is 0.107. The second-order valence-electron chi connectivity index (χ2n) is 5.30. The van der Waals surface area contributed by atoms with Crippen molar-refractivity contribution in [1.82, 2.24) is 4.90 Å². The summed E-state index contributed by atoms with van der Waals surface area (Å²) in [6, 6.07) is 5.84. The molecule has 1 aliphatic heterocycles. The molecule has 0 saturated carbocycles. The van der Waals surface area contributed by atoms with Crippen LogP contribution in [-0.2, 0) is 6.42 Å². The maximum Gasteiger partial charge on any atom is 0.252 e. The minimum Gasteiger partial charge on any atom is -0.492 e. The summed E-state index contributed by atoms with van der Waals surface area (Å²) in [7, 11) is 0. The summed E-state index contributed by atoms with van der Waals surface area (Å²) in [5, 5.41) is -0.408. The standard InChI is InChI=1S/C16H22ClNO2/c1-3-7-18(8-4-2)14-10-13-9-12(16(17)19)5-6-15(13)20-11-14/h5-6,9,14H,3-4,7-8,10-11H2,1-2H3. The zero-order valence-corrected chi connectivity index (χ0v) is 12.9. The molecule has 0 spiro atoms. The molecule has 0 saturated heterocycles. The van der Waals surface area contributed by atoms with Gasteiger partial charge in [0.1, 0.15) is 12.4 Å². The van der Waals surface area contributed by atoms with E-state index in [1.54, 1.807) is 6.07 Å². The van der Waals surface area contributed by atoms with Crippen LogP contribution in [0.4, 0.5) is 0 Å². The highest BCUT2D eigenvalue weighted by Crippen LogP contribution is 2.28. The molecule has 1 heterocycles. The second-order valence-corrected chi connectivity index (χ2v) is 5.64. The number of nitrogens with zero attached hydrogens (tertiary/aromatic N) is 1. The topological polar surface area (TPSA) is 29.5 Å². The Hall–Kier alpha value is -1.06. The molecule has 1 aromatic rings. The molecule has 0 aromatic heterocycles. The minimum atomic E-state index is -0.408. The van der Waals surface area contributed by atoms with E-state index in [2.05, 4.69) is 18.7 Å². The highest BCUT2D eigenvalue weighted by atomic mass is 35.5.